The van der Waals surface area contributed by atoms with Gasteiger partial charge in [-0.3, -0.25) is 37.4 Å². The molecule has 4 aromatic rings. The van der Waals surface area contributed by atoms with Crippen LogP contribution < -0.4 is 11.1 Å². The van der Waals surface area contributed by atoms with Gasteiger partial charge < -0.3 is 16.2 Å². The van der Waals surface area contributed by atoms with Gasteiger partial charge in [-0.2, -0.15) is 33.7 Å². The molecule has 328 valence electrons. The Kier molecular flexibility index (Phi) is 15.6. The highest BCUT2D eigenvalue weighted by Crippen LogP contribution is 2.22. The van der Waals surface area contributed by atoms with Crippen molar-refractivity contribution in [3.05, 3.63) is 119 Å². The molecule has 4 aromatic carbocycles. The highest BCUT2D eigenvalue weighted by Gasteiger charge is 2.32. The third-order valence-corrected chi connectivity index (χ3v) is 12.9. The Hall–Kier alpha value is -5.24. The topological polar surface area (TPSA) is 344 Å². The monoisotopic (exact) mass is 924 g/mol. The predicted octanol–water partition coefficient (Wildman–Crippen LogP) is 1.99. The van der Waals surface area contributed by atoms with Gasteiger partial charge in [0.2, 0.25) is 5.91 Å². The average Bonchev–Trinajstić information content (AvgIpc) is 3.16. The van der Waals surface area contributed by atoms with Gasteiger partial charge in [0, 0.05) is 18.8 Å². The highest BCUT2D eigenvalue weighted by atomic mass is 32.2. The van der Waals surface area contributed by atoms with Crippen molar-refractivity contribution in [2.24, 2.45) is 17.6 Å². The lowest BCUT2D eigenvalue weighted by Crippen LogP contribution is -2.47. The number of hydrogen-bond donors (Lipinski definition) is 7. The fraction of sp³-hybridized carbons (Fsp3) is 0.263. The number of carboxylic acids is 1. The molecule has 0 saturated heterocycles. The summed E-state index contributed by atoms with van der Waals surface area (Å²) in [5, 5.41) is 12.6. The minimum Gasteiger partial charge on any atom is -0.481 e. The van der Waals surface area contributed by atoms with E-state index in [9.17, 15) is 76.2 Å². The maximum absolute atomic E-state index is 14.2. The van der Waals surface area contributed by atoms with E-state index in [1.54, 1.807) is 0 Å². The van der Waals surface area contributed by atoms with Crippen LogP contribution >= 0.6 is 0 Å². The molecule has 0 spiro atoms. The number of carbonyl (C=O) groups excluding carboxylic acids is 3. The smallest absolute Gasteiger partial charge is 0.307 e. The molecule has 4 rings (SSSR count). The lowest BCUT2D eigenvalue weighted by molar-refractivity contribution is -0.144. The molecule has 1 amide bonds. The van der Waals surface area contributed by atoms with E-state index in [-0.39, 0.29) is 36.8 Å². The molecular weight excluding hydrogens is 885 g/mol. The molecule has 19 nitrogen and oxygen atoms in total. The number of ketones is 2. The summed E-state index contributed by atoms with van der Waals surface area (Å²) in [7, 11) is -18.3. The summed E-state index contributed by atoms with van der Waals surface area (Å²) in [5.74, 6) is -6.63. The van der Waals surface area contributed by atoms with Gasteiger partial charge in [-0.1, -0.05) is 48.5 Å². The molecule has 0 aliphatic carbocycles. The quantitative estimate of drug-likeness (QED) is 0.0588. The van der Waals surface area contributed by atoms with Crippen molar-refractivity contribution in [1.29, 1.82) is 0 Å². The Labute approximate surface area is 351 Å². The second-order valence-electron chi connectivity index (χ2n) is 14.0. The van der Waals surface area contributed by atoms with Crippen LogP contribution in [0.3, 0.4) is 0 Å². The SMILES string of the molecule is NC(Cc1ccc(S(=O)(=O)O)cc1)C(=O)CC(Cc1ccc(S(=O)(=O)O)cc1)C(=O)NC(Cc1ccc(S(=O)(=O)O)cc1)C(=O)CC(Cc1ccc(S(=O)(=O)O)cc1)C(=O)O. The number of Topliss-reactive ketones (excluding diaryl/α,β-unsaturated/α-hetero) is 2. The van der Waals surface area contributed by atoms with E-state index in [2.05, 4.69) is 5.32 Å². The summed E-state index contributed by atoms with van der Waals surface area (Å²) in [4.78, 5) is 52.3. The van der Waals surface area contributed by atoms with Crippen molar-refractivity contribution < 1.29 is 76.2 Å². The van der Waals surface area contributed by atoms with E-state index < -0.39 is 120 Å². The minimum absolute atomic E-state index is 0.141. The van der Waals surface area contributed by atoms with Gasteiger partial charge >= 0.3 is 5.97 Å². The van der Waals surface area contributed by atoms with Crippen molar-refractivity contribution in [1.82, 2.24) is 5.32 Å². The number of carbonyl (C=O) groups is 4. The highest BCUT2D eigenvalue weighted by molar-refractivity contribution is 7.86. The van der Waals surface area contributed by atoms with E-state index in [1.165, 1.54) is 48.5 Å². The number of nitrogens with two attached hydrogens (primary N) is 1. The van der Waals surface area contributed by atoms with Crippen LogP contribution in [-0.2, 0) is 85.3 Å². The molecule has 0 heterocycles. The third-order valence-electron chi connectivity index (χ3n) is 9.48. The fourth-order valence-corrected chi connectivity index (χ4v) is 8.10. The lowest BCUT2D eigenvalue weighted by atomic mass is 9.88. The number of benzene rings is 4. The Morgan fingerprint density at radius 1 is 0.459 bits per heavy atom. The number of aliphatic carboxylic acids is 1. The van der Waals surface area contributed by atoms with Crippen molar-refractivity contribution in [3.63, 3.8) is 0 Å². The second kappa shape index (κ2) is 19.6. The number of rotatable bonds is 21. The Morgan fingerprint density at radius 2 is 0.754 bits per heavy atom. The normalized spacial score (nSPS) is 14.3. The first-order valence-corrected chi connectivity index (χ1v) is 23.6. The van der Waals surface area contributed by atoms with Crippen LogP contribution in [0.2, 0.25) is 0 Å². The molecule has 0 fully saturated rings. The molecule has 0 aliphatic rings. The van der Waals surface area contributed by atoms with Crippen LogP contribution in [0.5, 0.6) is 0 Å². The average molecular weight is 925 g/mol. The van der Waals surface area contributed by atoms with Crippen LogP contribution in [0, 0.1) is 11.8 Å². The summed E-state index contributed by atoms with van der Waals surface area (Å²) in [6, 6.07) is 15.7. The first-order valence-electron chi connectivity index (χ1n) is 17.8. The molecular formula is C38H40N2O17S4. The molecule has 8 N–H and O–H groups in total. The van der Waals surface area contributed by atoms with Crippen LogP contribution in [0.25, 0.3) is 0 Å². The van der Waals surface area contributed by atoms with Crippen LogP contribution in [0.15, 0.2) is 117 Å². The summed E-state index contributed by atoms with van der Waals surface area (Å²) >= 11 is 0. The van der Waals surface area contributed by atoms with Gasteiger partial charge in [-0.05, 0) is 96.5 Å². The summed E-state index contributed by atoms with van der Waals surface area (Å²) < 4.78 is 130. The number of amides is 1. The zero-order valence-corrected chi connectivity index (χ0v) is 34.9. The molecule has 0 aliphatic heterocycles. The molecule has 4 unspecified atom stereocenters. The Morgan fingerprint density at radius 3 is 1.08 bits per heavy atom. The van der Waals surface area contributed by atoms with Gasteiger partial charge in [0.05, 0.1) is 37.6 Å². The van der Waals surface area contributed by atoms with E-state index in [0.717, 1.165) is 48.5 Å². The lowest BCUT2D eigenvalue weighted by Gasteiger charge is -2.24. The Bertz CT molecular complexity index is 2710. The maximum atomic E-state index is 14.2. The van der Waals surface area contributed by atoms with Crippen molar-refractivity contribution in [3.8, 4) is 0 Å². The molecule has 0 saturated carbocycles. The van der Waals surface area contributed by atoms with Crippen LogP contribution in [0.1, 0.15) is 35.1 Å². The minimum atomic E-state index is -4.62. The molecule has 0 aromatic heterocycles. The predicted molar refractivity (Wildman–Crippen MR) is 214 cm³/mol. The maximum Gasteiger partial charge on any atom is 0.307 e. The molecule has 23 heteroatoms. The van der Waals surface area contributed by atoms with Gasteiger partial charge in [0.25, 0.3) is 40.5 Å². The van der Waals surface area contributed by atoms with Crippen LogP contribution in [-0.4, -0.2) is 92.5 Å². The number of nitrogens with one attached hydrogen (secondary N) is 1. The zero-order chi connectivity index (χ0) is 45.5. The van der Waals surface area contributed by atoms with E-state index in [1.807, 2.05) is 0 Å². The van der Waals surface area contributed by atoms with Gasteiger partial charge in [0.15, 0.2) is 11.6 Å². The summed E-state index contributed by atoms with van der Waals surface area (Å²) in [5.41, 5.74) is 7.41. The van der Waals surface area contributed by atoms with Gasteiger partial charge in [-0.25, -0.2) is 0 Å². The van der Waals surface area contributed by atoms with Crippen molar-refractivity contribution in [2.45, 2.75) is 70.2 Å². The van der Waals surface area contributed by atoms with Gasteiger partial charge in [-0.15, -0.1) is 0 Å². The fourth-order valence-electron chi connectivity index (χ4n) is 6.18. The summed E-state index contributed by atoms with van der Waals surface area (Å²) in [6.07, 6.45) is -2.33. The zero-order valence-electron chi connectivity index (χ0n) is 31.6. The standard InChI is InChI=1S/C38H40N2O17S4/c39-33(19-25-5-13-31(14-6-25)60(52,53)54)35(41)21-27(17-23-1-9-29(10-2-23)58(46,47)48)37(43)40-34(20-26-7-15-32(16-8-26)61(55,56)57)36(42)22-28(38(44)45)18-24-3-11-30(12-4-24)59(49,50)51/h1-16,27-28,33-34H,17-22,39H2,(H,40,43)(H,44,45)(H,46,47,48)(H,49,50,51)(H,52,53,54)(H,55,56,57). The van der Waals surface area contributed by atoms with E-state index in [4.69, 9.17) is 5.73 Å². The second-order valence-corrected chi connectivity index (χ2v) is 19.7. The number of carboxylic acid groups (broad SMARTS) is 1. The molecule has 0 bridgehead atoms. The first kappa shape index (κ1) is 48.4. The van der Waals surface area contributed by atoms with Crippen LogP contribution in [0.4, 0.5) is 0 Å². The largest absolute Gasteiger partial charge is 0.481 e. The van der Waals surface area contributed by atoms with Crippen molar-refractivity contribution >= 4 is 63.9 Å². The van der Waals surface area contributed by atoms with E-state index in [0.29, 0.717) is 11.1 Å². The first-order chi connectivity index (χ1) is 28.2. The van der Waals surface area contributed by atoms with Gasteiger partial charge in [0.1, 0.15) is 0 Å². The Balaban J connectivity index is 1.65. The van der Waals surface area contributed by atoms with Crippen molar-refractivity contribution in [2.75, 3.05) is 0 Å². The third kappa shape index (κ3) is 14.4. The number of hydrogen-bond acceptors (Lipinski definition) is 13. The van der Waals surface area contributed by atoms with E-state index >= 15 is 0 Å². The molecule has 0 radical (unpaired) electrons. The molecule has 61 heavy (non-hydrogen) atoms. The molecule has 4 atom stereocenters. The summed E-state index contributed by atoms with van der Waals surface area (Å²) in [6.45, 7) is 0.